The molecule has 0 spiro atoms. The van der Waals surface area contributed by atoms with E-state index in [0.29, 0.717) is 0 Å². The minimum atomic E-state index is 0.840. The standard InChI is InChI=1S/C17H14N4S/c1-11-4-3-5-12(2)16(11)21-9-19-20-17(21)13-6-7-15-14(8-13)18-10-22-15/h3-10H,1-2H3. The highest BCUT2D eigenvalue weighted by atomic mass is 32.1. The third kappa shape index (κ3) is 2.02. The average Bonchev–Trinajstić information content (AvgIpc) is 3.15. The summed E-state index contributed by atoms with van der Waals surface area (Å²) in [6, 6.07) is 12.5. The zero-order chi connectivity index (χ0) is 15.1. The van der Waals surface area contributed by atoms with Crippen molar-refractivity contribution in [2.45, 2.75) is 13.8 Å². The fourth-order valence-electron chi connectivity index (χ4n) is 2.78. The first kappa shape index (κ1) is 13.2. The molecule has 2 aromatic heterocycles. The van der Waals surface area contributed by atoms with Crippen molar-refractivity contribution in [3.8, 4) is 17.1 Å². The van der Waals surface area contributed by atoms with Crippen molar-refractivity contribution >= 4 is 21.6 Å². The summed E-state index contributed by atoms with van der Waals surface area (Å²) in [5.41, 5.74) is 7.44. The highest BCUT2D eigenvalue weighted by molar-refractivity contribution is 7.16. The van der Waals surface area contributed by atoms with Crippen LogP contribution in [0.4, 0.5) is 0 Å². The number of hydrogen-bond donors (Lipinski definition) is 0. The van der Waals surface area contributed by atoms with Crippen LogP contribution in [-0.2, 0) is 0 Å². The van der Waals surface area contributed by atoms with Crippen molar-refractivity contribution in [3.05, 3.63) is 59.4 Å². The van der Waals surface area contributed by atoms with Gasteiger partial charge in [-0.2, -0.15) is 0 Å². The maximum atomic E-state index is 4.39. The highest BCUT2D eigenvalue weighted by Crippen LogP contribution is 2.28. The number of hydrogen-bond acceptors (Lipinski definition) is 4. The van der Waals surface area contributed by atoms with Crippen LogP contribution in [0.25, 0.3) is 27.3 Å². The third-order valence-electron chi connectivity index (χ3n) is 3.82. The summed E-state index contributed by atoms with van der Waals surface area (Å²) in [7, 11) is 0. The van der Waals surface area contributed by atoms with Crippen molar-refractivity contribution in [1.29, 1.82) is 0 Å². The molecular weight excluding hydrogens is 292 g/mol. The molecule has 5 heteroatoms. The lowest BCUT2D eigenvalue weighted by atomic mass is 10.1. The third-order valence-corrected chi connectivity index (χ3v) is 4.63. The van der Waals surface area contributed by atoms with E-state index in [-0.39, 0.29) is 0 Å². The van der Waals surface area contributed by atoms with Crippen LogP contribution >= 0.6 is 11.3 Å². The largest absolute Gasteiger partial charge is 0.281 e. The molecule has 0 saturated heterocycles. The molecule has 0 N–H and O–H groups in total. The van der Waals surface area contributed by atoms with Gasteiger partial charge in [-0.25, -0.2) is 4.98 Å². The van der Waals surface area contributed by atoms with Crippen molar-refractivity contribution in [1.82, 2.24) is 19.7 Å². The van der Waals surface area contributed by atoms with E-state index >= 15 is 0 Å². The van der Waals surface area contributed by atoms with Gasteiger partial charge in [0.1, 0.15) is 6.33 Å². The molecule has 0 fully saturated rings. The van der Waals surface area contributed by atoms with Gasteiger partial charge >= 0.3 is 0 Å². The van der Waals surface area contributed by atoms with E-state index in [4.69, 9.17) is 0 Å². The Labute approximate surface area is 132 Å². The quantitative estimate of drug-likeness (QED) is 0.558. The van der Waals surface area contributed by atoms with Crippen LogP contribution < -0.4 is 0 Å². The number of fused-ring (bicyclic) bond motifs is 1. The second-order valence-corrected chi connectivity index (χ2v) is 6.19. The molecule has 4 rings (SSSR count). The molecule has 0 aliphatic carbocycles. The van der Waals surface area contributed by atoms with E-state index in [1.807, 2.05) is 5.51 Å². The number of benzene rings is 2. The Bertz CT molecular complexity index is 947. The van der Waals surface area contributed by atoms with Crippen molar-refractivity contribution in [2.75, 3.05) is 0 Å². The highest BCUT2D eigenvalue weighted by Gasteiger charge is 2.13. The summed E-state index contributed by atoms with van der Waals surface area (Å²) in [6.45, 7) is 4.21. The number of thiazole rings is 1. The smallest absolute Gasteiger partial charge is 0.168 e. The summed E-state index contributed by atoms with van der Waals surface area (Å²) >= 11 is 1.64. The number of aryl methyl sites for hydroxylation is 2. The Kier molecular flexibility index (Phi) is 3.01. The van der Waals surface area contributed by atoms with Gasteiger partial charge in [0.05, 0.1) is 21.4 Å². The van der Waals surface area contributed by atoms with Gasteiger partial charge in [0.2, 0.25) is 0 Å². The van der Waals surface area contributed by atoms with Crippen LogP contribution in [0.2, 0.25) is 0 Å². The number of aromatic nitrogens is 4. The first-order chi connectivity index (χ1) is 10.7. The first-order valence-electron chi connectivity index (χ1n) is 7.04. The lowest BCUT2D eigenvalue weighted by Gasteiger charge is -2.12. The van der Waals surface area contributed by atoms with Crippen LogP contribution in [0.3, 0.4) is 0 Å². The molecule has 0 saturated carbocycles. The zero-order valence-corrected chi connectivity index (χ0v) is 13.1. The van der Waals surface area contributed by atoms with E-state index < -0.39 is 0 Å². The molecule has 0 amide bonds. The summed E-state index contributed by atoms with van der Waals surface area (Å²) in [4.78, 5) is 4.39. The van der Waals surface area contributed by atoms with E-state index in [2.05, 4.69) is 70.0 Å². The maximum Gasteiger partial charge on any atom is 0.168 e. The lowest BCUT2D eigenvalue weighted by Crippen LogP contribution is -2.01. The topological polar surface area (TPSA) is 43.6 Å². The molecule has 0 aliphatic heterocycles. The van der Waals surface area contributed by atoms with Crippen LogP contribution in [0, 0.1) is 13.8 Å². The first-order valence-corrected chi connectivity index (χ1v) is 7.92. The second-order valence-electron chi connectivity index (χ2n) is 5.30. The van der Waals surface area contributed by atoms with Crippen LogP contribution in [0.1, 0.15) is 11.1 Å². The maximum absolute atomic E-state index is 4.39. The van der Waals surface area contributed by atoms with Gasteiger partial charge in [-0.1, -0.05) is 18.2 Å². The monoisotopic (exact) mass is 306 g/mol. The van der Waals surface area contributed by atoms with E-state index in [9.17, 15) is 0 Å². The van der Waals surface area contributed by atoms with E-state index in [1.165, 1.54) is 15.8 Å². The molecule has 2 aromatic carbocycles. The molecule has 0 bridgehead atoms. The SMILES string of the molecule is Cc1cccc(C)c1-n1cnnc1-c1ccc2scnc2c1. The minimum Gasteiger partial charge on any atom is -0.281 e. The molecule has 0 unspecified atom stereocenters. The van der Waals surface area contributed by atoms with Gasteiger partial charge in [-0.15, -0.1) is 21.5 Å². The second kappa shape index (κ2) is 5.03. The van der Waals surface area contributed by atoms with Gasteiger partial charge in [0.25, 0.3) is 0 Å². The Balaban J connectivity index is 1.93. The Hall–Kier alpha value is -2.53. The molecule has 2 heterocycles. The Morgan fingerprint density at radius 1 is 1.05 bits per heavy atom. The Morgan fingerprint density at radius 2 is 1.86 bits per heavy atom. The fraction of sp³-hybridized carbons (Fsp3) is 0.118. The van der Waals surface area contributed by atoms with Gasteiger partial charge in [-0.05, 0) is 43.2 Å². The normalized spacial score (nSPS) is 11.2. The Morgan fingerprint density at radius 3 is 2.68 bits per heavy atom. The van der Waals surface area contributed by atoms with Crippen LogP contribution in [0.5, 0.6) is 0 Å². The molecule has 0 aliphatic rings. The van der Waals surface area contributed by atoms with Crippen LogP contribution in [0.15, 0.2) is 48.2 Å². The number of nitrogens with zero attached hydrogens (tertiary/aromatic N) is 4. The van der Waals surface area contributed by atoms with E-state index in [1.54, 1.807) is 17.7 Å². The van der Waals surface area contributed by atoms with Crippen LogP contribution in [-0.4, -0.2) is 19.7 Å². The molecule has 22 heavy (non-hydrogen) atoms. The molecule has 0 atom stereocenters. The van der Waals surface area contributed by atoms with Crippen molar-refractivity contribution < 1.29 is 0 Å². The fourth-order valence-corrected chi connectivity index (χ4v) is 3.44. The molecular formula is C17H14N4S. The predicted octanol–water partition coefficient (Wildman–Crippen LogP) is 4.16. The van der Waals surface area contributed by atoms with Crippen molar-refractivity contribution in [3.63, 3.8) is 0 Å². The van der Waals surface area contributed by atoms with Gasteiger partial charge < -0.3 is 0 Å². The summed E-state index contributed by atoms with van der Waals surface area (Å²) in [6.07, 6.45) is 1.77. The summed E-state index contributed by atoms with van der Waals surface area (Å²) < 4.78 is 3.24. The molecule has 108 valence electrons. The summed E-state index contributed by atoms with van der Waals surface area (Å²) in [5.74, 6) is 0.840. The lowest BCUT2D eigenvalue weighted by molar-refractivity contribution is 1.03. The number of para-hydroxylation sites is 1. The molecule has 0 radical (unpaired) electrons. The minimum absolute atomic E-state index is 0.840. The predicted molar refractivity (Wildman–Crippen MR) is 89.4 cm³/mol. The molecule has 4 aromatic rings. The average molecular weight is 306 g/mol. The van der Waals surface area contributed by atoms with Crippen molar-refractivity contribution in [2.24, 2.45) is 0 Å². The van der Waals surface area contributed by atoms with Gasteiger partial charge in [0, 0.05) is 5.56 Å². The number of rotatable bonds is 2. The van der Waals surface area contributed by atoms with E-state index in [0.717, 1.165) is 22.6 Å². The van der Waals surface area contributed by atoms with Gasteiger partial charge in [-0.3, -0.25) is 4.57 Å². The zero-order valence-electron chi connectivity index (χ0n) is 12.3. The molecule has 4 nitrogen and oxygen atoms in total. The van der Waals surface area contributed by atoms with Gasteiger partial charge in [0.15, 0.2) is 5.82 Å². The summed E-state index contributed by atoms with van der Waals surface area (Å²) in [5, 5.41) is 8.44.